The quantitative estimate of drug-likeness (QED) is 0.183. The lowest BCUT2D eigenvalue weighted by molar-refractivity contribution is -0.151. The number of rotatable bonds is 7. The maximum Gasteiger partial charge on any atom is 0.352 e. The fourth-order valence-corrected chi connectivity index (χ4v) is 6.11. The molecule has 4 heterocycles. The number of carbonyl (C=O) groups excluding carboxylic acids is 2. The highest BCUT2D eigenvalue weighted by atomic mass is 32.2. The van der Waals surface area contributed by atoms with Crippen molar-refractivity contribution in [3.8, 4) is 0 Å². The third-order valence-electron chi connectivity index (χ3n) is 5.46. The number of carboxylic acids is 1. The first-order valence-electron chi connectivity index (χ1n) is 10.3. The minimum absolute atomic E-state index is 0.100. The molecule has 1 saturated heterocycles. The molecule has 3 atom stereocenters. The molecule has 0 saturated carbocycles. The zero-order chi connectivity index (χ0) is 24.7. The van der Waals surface area contributed by atoms with E-state index in [9.17, 15) is 24.6 Å². The number of carboxylic acid groups (broad SMARTS) is 1. The van der Waals surface area contributed by atoms with E-state index in [4.69, 9.17) is 5.73 Å². The molecule has 35 heavy (non-hydrogen) atoms. The number of carbonyl (C=O) groups is 3. The molecule has 5 rings (SSSR count). The summed E-state index contributed by atoms with van der Waals surface area (Å²) in [6.07, 6.45) is -1.51. The number of nitrogens with two attached hydrogens (primary N) is 1. The van der Waals surface area contributed by atoms with Crippen molar-refractivity contribution >= 4 is 52.6 Å². The average molecular weight is 515 g/mol. The Kier molecular flexibility index (Phi) is 6.04. The summed E-state index contributed by atoms with van der Waals surface area (Å²) in [6.45, 7) is 0. The van der Waals surface area contributed by atoms with E-state index in [1.165, 1.54) is 39.1 Å². The normalized spacial score (nSPS) is 20.4. The Morgan fingerprint density at radius 3 is 2.91 bits per heavy atom. The molecular formula is C20H18N8O5S2. The maximum absolute atomic E-state index is 12.9. The lowest BCUT2D eigenvalue weighted by atomic mass is 10.0. The summed E-state index contributed by atoms with van der Waals surface area (Å²) in [5.41, 5.74) is 7.32. The van der Waals surface area contributed by atoms with Crippen LogP contribution in [0.3, 0.4) is 0 Å². The van der Waals surface area contributed by atoms with Crippen molar-refractivity contribution in [1.29, 1.82) is 0 Å². The number of anilines is 1. The van der Waals surface area contributed by atoms with E-state index in [1.807, 2.05) is 0 Å². The van der Waals surface area contributed by atoms with E-state index in [0.29, 0.717) is 33.2 Å². The van der Waals surface area contributed by atoms with Gasteiger partial charge in [0, 0.05) is 17.2 Å². The molecule has 5 N–H and O–H groups in total. The Hall–Kier alpha value is -3.69. The van der Waals surface area contributed by atoms with E-state index in [1.54, 1.807) is 30.3 Å². The highest BCUT2D eigenvalue weighted by molar-refractivity contribution is 8.01. The second-order valence-electron chi connectivity index (χ2n) is 7.71. The zero-order valence-corrected chi connectivity index (χ0v) is 19.4. The molecule has 2 aliphatic rings. The maximum atomic E-state index is 12.9. The molecule has 180 valence electrons. The van der Waals surface area contributed by atoms with Crippen LogP contribution >= 0.6 is 23.5 Å². The molecule has 15 heteroatoms. The molecule has 2 aromatic heterocycles. The molecular weight excluding hydrogens is 496 g/mol. The summed E-state index contributed by atoms with van der Waals surface area (Å²) in [5, 5.41) is 38.0. The number of fused-ring (bicyclic) bond motifs is 2. The van der Waals surface area contributed by atoms with Gasteiger partial charge in [-0.2, -0.15) is 0 Å². The molecule has 0 bridgehead atoms. The molecule has 13 nitrogen and oxygen atoms in total. The van der Waals surface area contributed by atoms with Crippen LogP contribution in [0.15, 0.2) is 52.7 Å². The van der Waals surface area contributed by atoms with Gasteiger partial charge in [-0.05, 0) is 45.8 Å². The summed E-state index contributed by atoms with van der Waals surface area (Å²) in [6, 6.07) is 8.71. The first-order chi connectivity index (χ1) is 16.8. The van der Waals surface area contributed by atoms with Crippen molar-refractivity contribution in [3.05, 3.63) is 53.2 Å². The Morgan fingerprint density at radius 1 is 1.31 bits per heavy atom. The number of nitrogen functional groups attached to an aromatic ring is 1. The first-order valence-corrected chi connectivity index (χ1v) is 12.3. The van der Waals surface area contributed by atoms with Gasteiger partial charge in [-0.1, -0.05) is 12.1 Å². The predicted molar refractivity (Wildman–Crippen MR) is 125 cm³/mol. The number of hydrogen-bond acceptors (Lipinski definition) is 11. The van der Waals surface area contributed by atoms with Gasteiger partial charge in [-0.15, -0.1) is 38.4 Å². The van der Waals surface area contributed by atoms with Crippen molar-refractivity contribution in [2.75, 3.05) is 17.2 Å². The lowest BCUT2D eigenvalue weighted by Crippen LogP contribution is -2.70. The number of aromatic nitrogens is 5. The molecule has 0 aliphatic carbocycles. The van der Waals surface area contributed by atoms with Gasteiger partial charge in [-0.3, -0.25) is 14.5 Å². The van der Waals surface area contributed by atoms with Gasteiger partial charge in [-0.25, -0.2) is 4.79 Å². The van der Waals surface area contributed by atoms with Gasteiger partial charge < -0.3 is 21.3 Å². The fraction of sp³-hybridized carbons (Fsp3) is 0.250. The summed E-state index contributed by atoms with van der Waals surface area (Å²) in [5.74, 6) is -1.91. The Bertz CT molecular complexity index is 1380. The van der Waals surface area contributed by atoms with E-state index in [2.05, 4.69) is 25.9 Å². The minimum atomic E-state index is -1.51. The van der Waals surface area contributed by atoms with Gasteiger partial charge in [0.15, 0.2) is 11.8 Å². The number of thioether (sulfide) groups is 2. The summed E-state index contributed by atoms with van der Waals surface area (Å²) >= 11 is 2.64. The van der Waals surface area contributed by atoms with E-state index < -0.39 is 35.3 Å². The summed E-state index contributed by atoms with van der Waals surface area (Å²) in [7, 11) is 0. The van der Waals surface area contributed by atoms with Gasteiger partial charge in [0.05, 0.1) is 0 Å². The topological polar surface area (TPSA) is 189 Å². The van der Waals surface area contributed by atoms with Crippen molar-refractivity contribution in [2.45, 2.75) is 22.5 Å². The van der Waals surface area contributed by atoms with Crippen LogP contribution in [0.25, 0.3) is 5.65 Å². The molecule has 1 aromatic carbocycles. The number of aliphatic hydroxyl groups excluding tert-OH is 1. The SMILES string of the molecule is Nc1cccc(C(O)C(=O)NC2C(=O)N3C(C(=O)O)=C(CSc4ccc5nnnn5n4)CS[C@@H]23)c1. The number of nitrogens with zero attached hydrogens (tertiary/aromatic N) is 6. The number of β-lactam (4-membered cyclic amide) rings is 1. The number of benzene rings is 1. The molecule has 2 aliphatic heterocycles. The predicted octanol–water partition coefficient (Wildman–Crippen LogP) is -0.334. The van der Waals surface area contributed by atoms with Crippen molar-refractivity contribution in [3.63, 3.8) is 0 Å². The number of hydrogen-bond donors (Lipinski definition) is 4. The third-order valence-corrected chi connectivity index (χ3v) is 7.81. The van der Waals surface area contributed by atoms with Crippen LogP contribution in [0.1, 0.15) is 11.7 Å². The van der Waals surface area contributed by atoms with Crippen molar-refractivity contribution in [2.24, 2.45) is 0 Å². The number of amides is 2. The largest absolute Gasteiger partial charge is 0.477 e. The minimum Gasteiger partial charge on any atom is -0.477 e. The Labute approximate surface area is 205 Å². The second-order valence-corrected chi connectivity index (χ2v) is 9.81. The van der Waals surface area contributed by atoms with Crippen LogP contribution in [-0.4, -0.2) is 81.1 Å². The standard InChI is InChI=1S/C20H18N8O5S2/c21-11-3-1-2-9(6-11)16(29)17(30)22-14-18(31)27-15(20(32)33)10(8-35-19(14)27)7-34-13-5-4-12-23-25-26-28(12)24-13/h1-6,14,16,19,29H,7-8,21H2,(H,22,30)(H,32,33)/t14?,16?,19-/m0/s1. The Morgan fingerprint density at radius 2 is 2.14 bits per heavy atom. The number of tetrazole rings is 1. The zero-order valence-electron chi connectivity index (χ0n) is 17.8. The molecule has 0 radical (unpaired) electrons. The fourth-order valence-electron chi connectivity index (χ4n) is 3.78. The van der Waals surface area contributed by atoms with Crippen LogP contribution in [0.2, 0.25) is 0 Å². The average Bonchev–Trinajstić information content (AvgIpc) is 3.32. The first kappa shape index (κ1) is 23.1. The Balaban J connectivity index is 1.28. The van der Waals surface area contributed by atoms with Gasteiger partial charge in [0.1, 0.15) is 22.1 Å². The second kappa shape index (κ2) is 9.16. The third kappa shape index (κ3) is 4.28. The lowest BCUT2D eigenvalue weighted by Gasteiger charge is -2.49. The van der Waals surface area contributed by atoms with Crippen LogP contribution in [0.4, 0.5) is 5.69 Å². The van der Waals surface area contributed by atoms with Gasteiger partial charge >= 0.3 is 5.97 Å². The molecule has 2 unspecified atom stereocenters. The van der Waals surface area contributed by atoms with Gasteiger partial charge in [0.2, 0.25) is 0 Å². The summed E-state index contributed by atoms with van der Waals surface area (Å²) in [4.78, 5) is 38.6. The van der Waals surface area contributed by atoms with E-state index in [0.717, 1.165) is 0 Å². The molecule has 1 fully saturated rings. The van der Waals surface area contributed by atoms with E-state index in [-0.39, 0.29) is 11.4 Å². The van der Waals surface area contributed by atoms with Crippen LogP contribution in [-0.2, 0) is 14.4 Å². The van der Waals surface area contributed by atoms with Crippen LogP contribution < -0.4 is 11.1 Å². The highest BCUT2D eigenvalue weighted by Gasteiger charge is 2.54. The number of nitrogens with one attached hydrogen (secondary N) is 1. The number of aliphatic carboxylic acids is 1. The van der Waals surface area contributed by atoms with Gasteiger partial charge in [0.25, 0.3) is 11.8 Å². The molecule has 0 spiro atoms. The molecule has 2 amide bonds. The number of aliphatic hydroxyl groups is 1. The van der Waals surface area contributed by atoms with Crippen LogP contribution in [0, 0.1) is 0 Å². The van der Waals surface area contributed by atoms with Crippen LogP contribution in [0.5, 0.6) is 0 Å². The van der Waals surface area contributed by atoms with Crippen molar-refractivity contribution in [1.82, 2.24) is 35.5 Å². The summed E-state index contributed by atoms with van der Waals surface area (Å²) < 4.78 is 1.27. The smallest absolute Gasteiger partial charge is 0.352 e. The van der Waals surface area contributed by atoms with E-state index >= 15 is 0 Å². The van der Waals surface area contributed by atoms with Crippen molar-refractivity contribution < 1.29 is 24.6 Å². The molecule has 3 aromatic rings. The monoisotopic (exact) mass is 514 g/mol. The highest BCUT2D eigenvalue weighted by Crippen LogP contribution is 2.41.